The fourth-order valence-electron chi connectivity index (χ4n) is 2.76. The zero-order valence-electron chi connectivity index (χ0n) is 10.8. The molecule has 1 aromatic heterocycles. The van der Waals surface area contributed by atoms with Crippen LogP contribution in [0.1, 0.15) is 35.8 Å². The lowest BCUT2D eigenvalue weighted by Gasteiger charge is -2.13. The molecule has 1 aromatic carbocycles. The van der Waals surface area contributed by atoms with Gasteiger partial charge in [-0.25, -0.2) is 4.98 Å². The summed E-state index contributed by atoms with van der Waals surface area (Å²) in [4.78, 5) is 7.37. The molecule has 0 bridgehead atoms. The zero-order chi connectivity index (χ0) is 13.1. The van der Waals surface area contributed by atoms with Crippen LogP contribution in [-0.2, 0) is 12.8 Å². The molecule has 3 nitrogen and oxygen atoms in total. The second-order valence-corrected chi connectivity index (χ2v) is 5.46. The predicted octanol–water partition coefficient (Wildman–Crippen LogP) is 3.27. The SMILES string of the molecule is Clc1ccc2c(c1)CCC2NCCCc1ncc[nH]1. The van der Waals surface area contributed by atoms with Crippen LogP contribution < -0.4 is 5.32 Å². The zero-order valence-corrected chi connectivity index (χ0v) is 11.6. The van der Waals surface area contributed by atoms with E-state index in [1.807, 2.05) is 12.3 Å². The molecule has 0 saturated heterocycles. The van der Waals surface area contributed by atoms with E-state index in [9.17, 15) is 0 Å². The molecule has 1 aliphatic rings. The molecule has 0 fully saturated rings. The summed E-state index contributed by atoms with van der Waals surface area (Å²) in [5, 5.41) is 4.48. The van der Waals surface area contributed by atoms with E-state index in [4.69, 9.17) is 11.6 Å². The van der Waals surface area contributed by atoms with Crippen LogP contribution in [0, 0.1) is 0 Å². The van der Waals surface area contributed by atoms with Crippen molar-refractivity contribution < 1.29 is 0 Å². The molecule has 100 valence electrons. The van der Waals surface area contributed by atoms with Crippen LogP contribution in [0.5, 0.6) is 0 Å². The molecule has 19 heavy (non-hydrogen) atoms. The van der Waals surface area contributed by atoms with Gasteiger partial charge >= 0.3 is 0 Å². The van der Waals surface area contributed by atoms with Gasteiger partial charge in [0.2, 0.25) is 0 Å². The fourth-order valence-corrected chi connectivity index (χ4v) is 2.96. The van der Waals surface area contributed by atoms with Crippen molar-refractivity contribution in [2.75, 3.05) is 6.54 Å². The standard InChI is InChI=1S/C15H18ClN3/c16-12-4-5-13-11(10-12)3-6-14(13)17-7-1-2-15-18-8-9-19-15/h4-5,8-10,14,17H,1-3,6-7H2,(H,18,19). The number of hydrogen-bond acceptors (Lipinski definition) is 2. The Kier molecular flexibility index (Phi) is 3.85. The van der Waals surface area contributed by atoms with E-state index in [-0.39, 0.29) is 0 Å². The van der Waals surface area contributed by atoms with E-state index in [1.165, 1.54) is 17.5 Å². The summed E-state index contributed by atoms with van der Waals surface area (Å²) in [5.74, 6) is 1.07. The Morgan fingerprint density at radius 1 is 1.42 bits per heavy atom. The second-order valence-electron chi connectivity index (χ2n) is 5.03. The first-order valence-electron chi connectivity index (χ1n) is 6.83. The number of halogens is 1. The van der Waals surface area contributed by atoms with E-state index in [0.29, 0.717) is 6.04 Å². The van der Waals surface area contributed by atoms with Gasteiger partial charge < -0.3 is 10.3 Å². The third kappa shape index (κ3) is 2.99. The van der Waals surface area contributed by atoms with Crippen LogP contribution in [0.2, 0.25) is 5.02 Å². The number of nitrogens with zero attached hydrogens (tertiary/aromatic N) is 1. The molecule has 3 rings (SSSR count). The summed E-state index contributed by atoms with van der Waals surface area (Å²) in [6.07, 6.45) is 8.09. The van der Waals surface area contributed by atoms with Gasteiger partial charge in [0.05, 0.1) is 0 Å². The minimum atomic E-state index is 0.490. The first-order valence-corrected chi connectivity index (χ1v) is 7.21. The normalized spacial score (nSPS) is 17.6. The number of aromatic nitrogens is 2. The molecule has 0 radical (unpaired) electrons. The molecule has 0 aliphatic heterocycles. The molecular weight excluding hydrogens is 258 g/mol. The van der Waals surface area contributed by atoms with Crippen molar-refractivity contribution in [3.8, 4) is 0 Å². The molecular formula is C15H18ClN3. The summed E-state index contributed by atoms with van der Waals surface area (Å²) in [7, 11) is 0. The van der Waals surface area contributed by atoms with Crippen LogP contribution in [0.4, 0.5) is 0 Å². The van der Waals surface area contributed by atoms with Crippen LogP contribution in [0.25, 0.3) is 0 Å². The molecule has 1 heterocycles. The van der Waals surface area contributed by atoms with Gasteiger partial charge in [-0.2, -0.15) is 0 Å². The van der Waals surface area contributed by atoms with Crippen LogP contribution in [0.3, 0.4) is 0 Å². The van der Waals surface area contributed by atoms with Crippen molar-refractivity contribution in [2.24, 2.45) is 0 Å². The molecule has 1 atom stereocenters. The van der Waals surface area contributed by atoms with E-state index in [1.54, 1.807) is 6.20 Å². The largest absolute Gasteiger partial charge is 0.349 e. The van der Waals surface area contributed by atoms with Crippen molar-refractivity contribution in [3.05, 3.63) is 52.6 Å². The molecule has 0 amide bonds. The summed E-state index contributed by atoms with van der Waals surface area (Å²) in [5.41, 5.74) is 2.82. The minimum Gasteiger partial charge on any atom is -0.349 e. The highest BCUT2D eigenvalue weighted by molar-refractivity contribution is 6.30. The number of imidazole rings is 1. The Balaban J connectivity index is 1.50. The van der Waals surface area contributed by atoms with E-state index < -0.39 is 0 Å². The molecule has 2 N–H and O–H groups in total. The average molecular weight is 276 g/mol. The number of nitrogens with one attached hydrogen (secondary N) is 2. The third-order valence-electron chi connectivity index (χ3n) is 3.72. The van der Waals surface area contributed by atoms with Crippen LogP contribution in [-0.4, -0.2) is 16.5 Å². The van der Waals surface area contributed by atoms with Gasteiger partial charge in [0.1, 0.15) is 5.82 Å². The van der Waals surface area contributed by atoms with Crippen molar-refractivity contribution >= 4 is 11.6 Å². The number of aryl methyl sites for hydroxylation is 2. The van der Waals surface area contributed by atoms with Crippen molar-refractivity contribution in [3.63, 3.8) is 0 Å². The smallest absolute Gasteiger partial charge is 0.106 e. The summed E-state index contributed by atoms with van der Waals surface area (Å²) in [6, 6.07) is 6.74. The number of aromatic amines is 1. The molecule has 1 unspecified atom stereocenters. The monoisotopic (exact) mass is 275 g/mol. The quantitative estimate of drug-likeness (QED) is 0.822. The van der Waals surface area contributed by atoms with E-state index in [2.05, 4.69) is 27.4 Å². The van der Waals surface area contributed by atoms with Gasteiger partial charge in [0.25, 0.3) is 0 Å². The van der Waals surface area contributed by atoms with Gasteiger partial charge in [-0.05, 0) is 49.1 Å². The lowest BCUT2D eigenvalue weighted by Crippen LogP contribution is -2.20. The molecule has 0 spiro atoms. The highest BCUT2D eigenvalue weighted by atomic mass is 35.5. The lowest BCUT2D eigenvalue weighted by molar-refractivity contribution is 0.518. The topological polar surface area (TPSA) is 40.7 Å². The van der Waals surface area contributed by atoms with Crippen molar-refractivity contribution in [2.45, 2.75) is 31.7 Å². The lowest BCUT2D eigenvalue weighted by atomic mass is 10.1. The Bertz CT molecular complexity index is 536. The maximum atomic E-state index is 6.02. The third-order valence-corrected chi connectivity index (χ3v) is 3.95. The van der Waals surface area contributed by atoms with Crippen LogP contribution in [0.15, 0.2) is 30.6 Å². The number of hydrogen-bond donors (Lipinski definition) is 2. The number of rotatable bonds is 5. The highest BCUT2D eigenvalue weighted by Crippen LogP contribution is 2.32. The van der Waals surface area contributed by atoms with Gasteiger partial charge in [-0.3, -0.25) is 0 Å². The number of fused-ring (bicyclic) bond motifs is 1. The van der Waals surface area contributed by atoms with E-state index in [0.717, 1.165) is 36.7 Å². The van der Waals surface area contributed by atoms with E-state index >= 15 is 0 Å². The first-order chi connectivity index (χ1) is 9.33. The number of H-pyrrole nitrogens is 1. The van der Waals surface area contributed by atoms with Crippen LogP contribution >= 0.6 is 11.6 Å². The maximum Gasteiger partial charge on any atom is 0.106 e. The molecule has 0 saturated carbocycles. The second kappa shape index (κ2) is 5.76. The van der Waals surface area contributed by atoms with Crippen molar-refractivity contribution in [1.29, 1.82) is 0 Å². The Hall–Kier alpha value is -1.32. The maximum absolute atomic E-state index is 6.02. The minimum absolute atomic E-state index is 0.490. The van der Waals surface area contributed by atoms with Gasteiger partial charge in [-0.15, -0.1) is 0 Å². The van der Waals surface area contributed by atoms with Gasteiger partial charge in [0, 0.05) is 29.9 Å². The fraction of sp³-hybridized carbons (Fsp3) is 0.400. The molecule has 2 aromatic rings. The Morgan fingerprint density at radius 3 is 3.21 bits per heavy atom. The van der Waals surface area contributed by atoms with Gasteiger partial charge in [0.15, 0.2) is 0 Å². The Labute approximate surface area is 118 Å². The molecule has 4 heteroatoms. The number of benzene rings is 1. The summed E-state index contributed by atoms with van der Waals surface area (Å²) >= 11 is 6.02. The Morgan fingerprint density at radius 2 is 2.37 bits per heavy atom. The first kappa shape index (κ1) is 12.7. The van der Waals surface area contributed by atoms with Crippen molar-refractivity contribution in [1.82, 2.24) is 15.3 Å². The van der Waals surface area contributed by atoms with Gasteiger partial charge in [-0.1, -0.05) is 17.7 Å². The summed E-state index contributed by atoms with van der Waals surface area (Å²) < 4.78 is 0. The highest BCUT2D eigenvalue weighted by Gasteiger charge is 2.21. The average Bonchev–Trinajstić information content (AvgIpc) is 3.03. The summed E-state index contributed by atoms with van der Waals surface area (Å²) in [6.45, 7) is 1.02. The predicted molar refractivity (Wildman–Crippen MR) is 77.4 cm³/mol. The molecule has 1 aliphatic carbocycles.